The number of anilines is 1. The molecule has 3 rings (SSSR count). The van der Waals surface area contributed by atoms with Crippen LogP contribution in [0.2, 0.25) is 5.02 Å². The van der Waals surface area contributed by atoms with E-state index < -0.39 is 0 Å². The monoisotopic (exact) mass is 348 g/mol. The molecule has 0 fully saturated rings. The predicted molar refractivity (Wildman–Crippen MR) is 89.5 cm³/mol. The molecule has 1 aromatic heterocycles. The summed E-state index contributed by atoms with van der Waals surface area (Å²) in [7, 11) is 0. The predicted octanol–water partition coefficient (Wildman–Crippen LogP) is 3.43. The molecule has 1 aliphatic rings. The maximum Gasteiger partial charge on any atom is 0.262 e. The Balaban J connectivity index is 1.79. The lowest BCUT2D eigenvalue weighted by molar-refractivity contribution is -0.118. The van der Waals surface area contributed by atoms with E-state index in [-0.39, 0.29) is 23.5 Å². The average molecular weight is 349 g/mol. The average Bonchev–Trinajstić information content (AvgIpc) is 2.55. The fourth-order valence-electron chi connectivity index (χ4n) is 2.15. The summed E-state index contributed by atoms with van der Waals surface area (Å²) in [5.41, 5.74) is 1.02. The number of thioether (sulfide) groups is 1. The number of ketones is 1. The van der Waals surface area contributed by atoms with Gasteiger partial charge in [0.25, 0.3) is 5.91 Å². The van der Waals surface area contributed by atoms with Gasteiger partial charge < -0.3 is 10.1 Å². The molecule has 0 spiro atoms. The van der Waals surface area contributed by atoms with E-state index in [0.29, 0.717) is 27.0 Å². The third kappa shape index (κ3) is 3.48. The third-order valence-corrected chi connectivity index (χ3v) is 4.81. The Morgan fingerprint density at radius 3 is 3.04 bits per heavy atom. The number of pyridine rings is 1. The van der Waals surface area contributed by atoms with Crippen molar-refractivity contribution in [1.29, 1.82) is 0 Å². The normalized spacial score (nSPS) is 14.4. The molecular formula is C16H13ClN2O3S. The van der Waals surface area contributed by atoms with E-state index in [1.54, 1.807) is 43.5 Å². The van der Waals surface area contributed by atoms with E-state index in [1.165, 1.54) is 11.8 Å². The van der Waals surface area contributed by atoms with Gasteiger partial charge in [0.15, 0.2) is 12.4 Å². The number of halogens is 1. The Hall–Kier alpha value is -2.05. The largest absolute Gasteiger partial charge is 0.482 e. The van der Waals surface area contributed by atoms with Crippen molar-refractivity contribution in [3.8, 4) is 5.75 Å². The van der Waals surface area contributed by atoms with Crippen LogP contribution in [0, 0.1) is 0 Å². The van der Waals surface area contributed by atoms with Crippen molar-refractivity contribution in [2.75, 3.05) is 11.9 Å². The zero-order valence-electron chi connectivity index (χ0n) is 12.2. The van der Waals surface area contributed by atoms with Crippen LogP contribution < -0.4 is 10.1 Å². The summed E-state index contributed by atoms with van der Waals surface area (Å²) in [6, 6.07) is 8.49. The molecule has 23 heavy (non-hydrogen) atoms. The van der Waals surface area contributed by atoms with Crippen molar-refractivity contribution in [3.05, 3.63) is 47.1 Å². The number of nitrogens with one attached hydrogen (secondary N) is 1. The summed E-state index contributed by atoms with van der Waals surface area (Å²) < 4.78 is 5.29. The standard InChI is InChI=1S/C16H13ClN2O3S/c1-9(23-16-11(17)3-2-6-18-16)15(21)10-4-5-13-12(7-10)19-14(20)8-22-13/h2-7,9H,8H2,1H3,(H,19,20)/t9-/m1/s1. The molecule has 1 N–H and O–H groups in total. The SMILES string of the molecule is C[C@@H](Sc1ncccc1Cl)C(=O)c1ccc2c(c1)NC(=O)CO2. The summed E-state index contributed by atoms with van der Waals surface area (Å²) in [4.78, 5) is 28.1. The van der Waals surface area contributed by atoms with Crippen molar-refractivity contribution in [1.82, 2.24) is 4.98 Å². The van der Waals surface area contributed by atoms with Crippen LogP contribution in [-0.4, -0.2) is 28.5 Å². The molecule has 0 aliphatic carbocycles. The Labute approximate surface area is 142 Å². The number of rotatable bonds is 4. The summed E-state index contributed by atoms with van der Waals surface area (Å²) in [5.74, 6) is 0.262. The molecule has 2 aromatic rings. The molecule has 1 atom stereocenters. The van der Waals surface area contributed by atoms with Gasteiger partial charge in [-0.3, -0.25) is 9.59 Å². The highest BCUT2D eigenvalue weighted by Crippen LogP contribution is 2.32. The van der Waals surface area contributed by atoms with E-state index in [9.17, 15) is 9.59 Å². The van der Waals surface area contributed by atoms with Crippen LogP contribution in [0.15, 0.2) is 41.6 Å². The minimum Gasteiger partial charge on any atom is -0.482 e. The van der Waals surface area contributed by atoms with Gasteiger partial charge in [0, 0.05) is 11.8 Å². The van der Waals surface area contributed by atoms with Gasteiger partial charge in [0.05, 0.1) is 16.0 Å². The van der Waals surface area contributed by atoms with Crippen LogP contribution in [0.3, 0.4) is 0 Å². The number of benzene rings is 1. The number of ether oxygens (including phenoxy) is 1. The molecule has 118 valence electrons. The van der Waals surface area contributed by atoms with E-state index in [0.717, 1.165) is 0 Å². The summed E-state index contributed by atoms with van der Waals surface area (Å²) in [6.45, 7) is 1.79. The third-order valence-electron chi connectivity index (χ3n) is 3.28. The number of nitrogens with zero attached hydrogens (tertiary/aromatic N) is 1. The summed E-state index contributed by atoms with van der Waals surface area (Å²) in [5, 5.41) is 3.47. The minimum absolute atomic E-state index is 0.00920. The lowest BCUT2D eigenvalue weighted by Crippen LogP contribution is -2.25. The van der Waals surface area contributed by atoms with Crippen molar-refractivity contribution < 1.29 is 14.3 Å². The number of hydrogen-bond donors (Lipinski definition) is 1. The Morgan fingerprint density at radius 1 is 1.43 bits per heavy atom. The zero-order valence-corrected chi connectivity index (χ0v) is 13.8. The van der Waals surface area contributed by atoms with Gasteiger partial charge in [-0.05, 0) is 37.3 Å². The quantitative estimate of drug-likeness (QED) is 0.677. The molecule has 1 amide bonds. The van der Waals surface area contributed by atoms with Crippen molar-refractivity contribution >= 4 is 40.7 Å². The summed E-state index contributed by atoms with van der Waals surface area (Å²) in [6.07, 6.45) is 1.64. The molecule has 2 heterocycles. The van der Waals surface area contributed by atoms with Crippen LogP contribution in [0.5, 0.6) is 5.75 Å². The first-order chi connectivity index (χ1) is 11.0. The molecular weight excluding hydrogens is 336 g/mol. The number of hydrogen-bond acceptors (Lipinski definition) is 5. The molecule has 1 aromatic carbocycles. The lowest BCUT2D eigenvalue weighted by atomic mass is 10.1. The highest BCUT2D eigenvalue weighted by Gasteiger charge is 2.22. The minimum atomic E-state index is -0.360. The fraction of sp³-hybridized carbons (Fsp3) is 0.188. The van der Waals surface area contributed by atoms with E-state index >= 15 is 0 Å². The van der Waals surface area contributed by atoms with E-state index in [1.807, 2.05) is 0 Å². The number of Topliss-reactive ketones (excluding diaryl/α,β-unsaturated/α-hetero) is 1. The molecule has 7 heteroatoms. The second kappa shape index (κ2) is 6.60. The Morgan fingerprint density at radius 2 is 2.26 bits per heavy atom. The van der Waals surface area contributed by atoms with Crippen LogP contribution >= 0.6 is 23.4 Å². The molecule has 1 aliphatic heterocycles. The van der Waals surface area contributed by atoms with Crippen LogP contribution in [0.4, 0.5) is 5.69 Å². The van der Waals surface area contributed by atoms with Gasteiger partial charge in [-0.1, -0.05) is 23.4 Å². The van der Waals surface area contributed by atoms with Crippen molar-refractivity contribution in [2.24, 2.45) is 0 Å². The van der Waals surface area contributed by atoms with Gasteiger partial charge in [-0.2, -0.15) is 0 Å². The molecule has 0 radical (unpaired) electrons. The maximum absolute atomic E-state index is 12.6. The first-order valence-electron chi connectivity index (χ1n) is 6.92. The number of amides is 1. The zero-order chi connectivity index (χ0) is 16.4. The molecule has 5 nitrogen and oxygen atoms in total. The van der Waals surface area contributed by atoms with Crippen LogP contribution in [0.1, 0.15) is 17.3 Å². The topological polar surface area (TPSA) is 68.3 Å². The van der Waals surface area contributed by atoms with Crippen LogP contribution in [0.25, 0.3) is 0 Å². The van der Waals surface area contributed by atoms with Gasteiger partial charge in [0.1, 0.15) is 10.8 Å². The van der Waals surface area contributed by atoms with Gasteiger partial charge in [-0.25, -0.2) is 4.98 Å². The van der Waals surface area contributed by atoms with Gasteiger partial charge in [-0.15, -0.1) is 0 Å². The Kier molecular flexibility index (Phi) is 4.54. The number of fused-ring (bicyclic) bond motifs is 1. The highest BCUT2D eigenvalue weighted by molar-refractivity contribution is 8.00. The molecule has 0 saturated carbocycles. The molecule has 0 unspecified atom stereocenters. The van der Waals surface area contributed by atoms with E-state index in [2.05, 4.69) is 10.3 Å². The van der Waals surface area contributed by atoms with Crippen molar-refractivity contribution in [3.63, 3.8) is 0 Å². The van der Waals surface area contributed by atoms with Crippen molar-refractivity contribution in [2.45, 2.75) is 17.2 Å². The smallest absolute Gasteiger partial charge is 0.262 e. The summed E-state index contributed by atoms with van der Waals surface area (Å²) >= 11 is 7.37. The number of carbonyl (C=O) groups is 2. The first kappa shape index (κ1) is 15.8. The van der Waals surface area contributed by atoms with Crippen LogP contribution in [-0.2, 0) is 4.79 Å². The maximum atomic E-state index is 12.6. The molecule has 0 saturated heterocycles. The fourth-order valence-corrected chi connectivity index (χ4v) is 3.29. The Bertz CT molecular complexity index is 782. The second-order valence-electron chi connectivity index (χ2n) is 4.96. The number of aromatic nitrogens is 1. The second-order valence-corrected chi connectivity index (χ2v) is 6.70. The lowest BCUT2D eigenvalue weighted by Gasteiger charge is -2.19. The van der Waals surface area contributed by atoms with E-state index in [4.69, 9.17) is 16.3 Å². The van der Waals surface area contributed by atoms with Gasteiger partial charge >= 0.3 is 0 Å². The highest BCUT2D eigenvalue weighted by atomic mass is 35.5. The molecule has 0 bridgehead atoms. The number of carbonyl (C=O) groups excluding carboxylic acids is 2. The van der Waals surface area contributed by atoms with Gasteiger partial charge in [0.2, 0.25) is 0 Å². The first-order valence-corrected chi connectivity index (χ1v) is 8.18.